The average molecular weight is 339 g/mol. The van der Waals surface area contributed by atoms with E-state index in [9.17, 15) is 4.79 Å². The van der Waals surface area contributed by atoms with Gasteiger partial charge in [0.25, 0.3) is 0 Å². The lowest BCUT2D eigenvalue weighted by Gasteiger charge is -2.36. The fraction of sp³-hybridized carbons (Fsp3) is 0.350. The Bertz CT molecular complexity index is 665. The lowest BCUT2D eigenvalue weighted by Crippen LogP contribution is -2.50. The Morgan fingerprint density at radius 2 is 1.68 bits per heavy atom. The minimum absolute atomic E-state index is 0.168. The molecular formula is C20H25N3O2. The predicted molar refractivity (Wildman–Crippen MR) is 99.9 cm³/mol. The first-order chi connectivity index (χ1) is 12.3. The Balaban J connectivity index is 1.40. The summed E-state index contributed by atoms with van der Waals surface area (Å²) in [6.45, 7) is 4.37. The molecule has 1 N–H and O–H groups in total. The van der Waals surface area contributed by atoms with Crippen LogP contribution in [0.2, 0.25) is 0 Å². The number of piperazine rings is 1. The molecule has 132 valence electrons. The number of nitrogens with zero attached hydrogens (tertiary/aromatic N) is 2. The zero-order valence-corrected chi connectivity index (χ0v) is 14.6. The summed E-state index contributed by atoms with van der Waals surface area (Å²) >= 11 is 0. The number of benzene rings is 2. The van der Waals surface area contributed by atoms with Crippen molar-refractivity contribution in [1.82, 2.24) is 10.2 Å². The Morgan fingerprint density at radius 1 is 1.00 bits per heavy atom. The number of hydrogen-bond donors (Lipinski definition) is 1. The topological polar surface area (TPSA) is 44.8 Å². The van der Waals surface area contributed by atoms with Crippen LogP contribution in [0, 0.1) is 0 Å². The second kappa shape index (κ2) is 8.53. The quantitative estimate of drug-likeness (QED) is 0.876. The molecule has 25 heavy (non-hydrogen) atoms. The Morgan fingerprint density at radius 3 is 2.32 bits per heavy atom. The fourth-order valence-corrected chi connectivity index (χ4v) is 3.02. The summed E-state index contributed by atoms with van der Waals surface area (Å²) in [5.74, 6) is 1.01. The maximum atomic E-state index is 12.4. The van der Waals surface area contributed by atoms with Crippen LogP contribution >= 0.6 is 0 Å². The summed E-state index contributed by atoms with van der Waals surface area (Å²) in [6, 6.07) is 18.2. The van der Waals surface area contributed by atoms with E-state index in [0.717, 1.165) is 37.5 Å². The molecule has 2 aromatic rings. The highest BCUT2D eigenvalue weighted by atomic mass is 16.5. The van der Waals surface area contributed by atoms with Crippen molar-refractivity contribution in [2.24, 2.45) is 0 Å². The van der Waals surface area contributed by atoms with Crippen LogP contribution in [0.25, 0.3) is 0 Å². The summed E-state index contributed by atoms with van der Waals surface area (Å²) in [4.78, 5) is 16.6. The Labute approximate surface area is 149 Å². The van der Waals surface area contributed by atoms with Crippen molar-refractivity contribution < 1.29 is 9.53 Å². The van der Waals surface area contributed by atoms with Crippen LogP contribution in [-0.4, -0.2) is 50.6 Å². The van der Waals surface area contributed by atoms with E-state index in [1.807, 2.05) is 35.2 Å². The van der Waals surface area contributed by atoms with Crippen molar-refractivity contribution in [1.29, 1.82) is 0 Å². The maximum Gasteiger partial charge on any atom is 0.236 e. The van der Waals surface area contributed by atoms with Crippen LogP contribution in [0.1, 0.15) is 5.56 Å². The number of amides is 1. The lowest BCUT2D eigenvalue weighted by molar-refractivity contribution is -0.130. The number of carbonyl (C=O) groups excluding carboxylic acids is 1. The normalized spacial score (nSPS) is 14.4. The Hall–Kier alpha value is -2.53. The number of hydrogen-bond acceptors (Lipinski definition) is 4. The highest BCUT2D eigenvalue weighted by Crippen LogP contribution is 2.15. The maximum absolute atomic E-state index is 12.4. The molecule has 3 rings (SSSR count). The van der Waals surface area contributed by atoms with E-state index >= 15 is 0 Å². The number of ether oxygens (including phenoxy) is 1. The van der Waals surface area contributed by atoms with Crippen LogP contribution in [0.15, 0.2) is 54.6 Å². The monoisotopic (exact) mass is 339 g/mol. The molecule has 1 aliphatic heterocycles. The first-order valence-electron chi connectivity index (χ1n) is 8.67. The predicted octanol–water partition coefficient (Wildman–Crippen LogP) is 2.13. The highest BCUT2D eigenvalue weighted by Gasteiger charge is 2.20. The van der Waals surface area contributed by atoms with E-state index < -0.39 is 0 Å². The van der Waals surface area contributed by atoms with Crippen LogP contribution in [0.5, 0.6) is 5.75 Å². The van der Waals surface area contributed by atoms with E-state index in [-0.39, 0.29) is 5.91 Å². The second-order valence-corrected chi connectivity index (χ2v) is 6.16. The van der Waals surface area contributed by atoms with Crippen LogP contribution in [-0.2, 0) is 11.3 Å². The zero-order valence-electron chi connectivity index (χ0n) is 14.6. The molecule has 0 atom stereocenters. The molecule has 1 heterocycles. The molecule has 1 aliphatic rings. The molecule has 1 saturated heterocycles. The van der Waals surface area contributed by atoms with Gasteiger partial charge in [-0.15, -0.1) is 0 Å². The summed E-state index contributed by atoms with van der Waals surface area (Å²) in [6.07, 6.45) is 0. The van der Waals surface area contributed by atoms with E-state index in [0.29, 0.717) is 13.1 Å². The smallest absolute Gasteiger partial charge is 0.236 e. The van der Waals surface area contributed by atoms with Crippen LogP contribution < -0.4 is 15.0 Å². The lowest BCUT2D eigenvalue weighted by atomic mass is 10.2. The van der Waals surface area contributed by atoms with Gasteiger partial charge in [-0.1, -0.05) is 30.3 Å². The molecule has 0 unspecified atom stereocenters. The number of rotatable bonds is 6. The van der Waals surface area contributed by atoms with Gasteiger partial charge in [0.1, 0.15) is 5.75 Å². The van der Waals surface area contributed by atoms with E-state index in [1.165, 1.54) is 5.69 Å². The third kappa shape index (κ3) is 4.73. The summed E-state index contributed by atoms with van der Waals surface area (Å²) < 4.78 is 5.15. The summed E-state index contributed by atoms with van der Waals surface area (Å²) in [5.41, 5.74) is 2.37. The highest BCUT2D eigenvalue weighted by molar-refractivity contribution is 5.78. The van der Waals surface area contributed by atoms with E-state index in [4.69, 9.17) is 4.74 Å². The van der Waals surface area contributed by atoms with E-state index in [2.05, 4.69) is 34.5 Å². The molecule has 0 radical (unpaired) electrons. The van der Waals surface area contributed by atoms with Gasteiger partial charge in [-0.3, -0.25) is 4.79 Å². The molecule has 0 aliphatic carbocycles. The van der Waals surface area contributed by atoms with Crippen LogP contribution in [0.3, 0.4) is 0 Å². The average Bonchev–Trinajstić information content (AvgIpc) is 2.69. The first kappa shape index (κ1) is 17.3. The minimum atomic E-state index is 0.168. The minimum Gasteiger partial charge on any atom is -0.497 e. The van der Waals surface area contributed by atoms with Crippen molar-refractivity contribution in [2.75, 3.05) is 44.7 Å². The number of para-hydroxylation sites is 1. The fourth-order valence-electron chi connectivity index (χ4n) is 3.02. The second-order valence-electron chi connectivity index (χ2n) is 6.16. The van der Waals surface area contributed by atoms with Crippen molar-refractivity contribution in [3.63, 3.8) is 0 Å². The molecule has 0 saturated carbocycles. The molecular weight excluding hydrogens is 314 g/mol. The van der Waals surface area contributed by atoms with Crippen molar-refractivity contribution in [2.45, 2.75) is 6.54 Å². The third-order valence-corrected chi connectivity index (χ3v) is 4.52. The zero-order chi connectivity index (χ0) is 17.5. The molecule has 2 aromatic carbocycles. The molecule has 1 amide bonds. The summed E-state index contributed by atoms with van der Waals surface area (Å²) in [5, 5.41) is 3.23. The number of nitrogens with one attached hydrogen (secondary N) is 1. The standard InChI is InChI=1S/C20H25N3O2/c1-25-19-9-7-17(8-10-19)15-21-16-20(24)23-13-11-22(12-14-23)18-5-3-2-4-6-18/h2-10,21H,11-16H2,1H3. The molecule has 0 spiro atoms. The molecule has 1 fully saturated rings. The van der Waals surface area contributed by atoms with E-state index in [1.54, 1.807) is 7.11 Å². The van der Waals surface area contributed by atoms with Gasteiger partial charge >= 0.3 is 0 Å². The molecule has 5 heteroatoms. The SMILES string of the molecule is COc1ccc(CNCC(=O)N2CCN(c3ccccc3)CC2)cc1. The number of carbonyl (C=O) groups is 1. The van der Waals surface area contributed by atoms with Gasteiger partial charge in [0.05, 0.1) is 13.7 Å². The van der Waals surface area contributed by atoms with Gasteiger partial charge in [-0.05, 0) is 29.8 Å². The van der Waals surface area contributed by atoms with Gasteiger partial charge in [0.15, 0.2) is 0 Å². The van der Waals surface area contributed by atoms with Crippen molar-refractivity contribution >= 4 is 11.6 Å². The van der Waals surface area contributed by atoms with Gasteiger partial charge in [0, 0.05) is 38.4 Å². The molecule has 0 bridgehead atoms. The van der Waals surface area contributed by atoms with Gasteiger partial charge < -0.3 is 19.9 Å². The molecule has 0 aromatic heterocycles. The van der Waals surface area contributed by atoms with Crippen molar-refractivity contribution in [3.05, 3.63) is 60.2 Å². The Kier molecular flexibility index (Phi) is 5.90. The third-order valence-electron chi connectivity index (χ3n) is 4.52. The first-order valence-corrected chi connectivity index (χ1v) is 8.67. The van der Waals surface area contributed by atoms with Gasteiger partial charge in [-0.2, -0.15) is 0 Å². The van der Waals surface area contributed by atoms with Gasteiger partial charge in [0.2, 0.25) is 5.91 Å². The van der Waals surface area contributed by atoms with Gasteiger partial charge in [-0.25, -0.2) is 0 Å². The van der Waals surface area contributed by atoms with Crippen molar-refractivity contribution in [3.8, 4) is 5.75 Å². The number of methoxy groups -OCH3 is 1. The number of anilines is 1. The largest absolute Gasteiger partial charge is 0.497 e. The molecule has 5 nitrogen and oxygen atoms in total. The summed E-state index contributed by atoms with van der Waals surface area (Å²) in [7, 11) is 1.66. The van der Waals surface area contributed by atoms with Crippen LogP contribution in [0.4, 0.5) is 5.69 Å².